The third-order valence-electron chi connectivity index (χ3n) is 3.71. The van der Waals surface area contributed by atoms with E-state index >= 15 is 0 Å². The number of aryl methyl sites for hydroxylation is 1. The second-order valence-electron chi connectivity index (χ2n) is 7.29. The van der Waals surface area contributed by atoms with Gasteiger partial charge in [0.1, 0.15) is 11.6 Å². The molecule has 0 bridgehead atoms. The van der Waals surface area contributed by atoms with E-state index in [2.05, 4.69) is 25.6 Å². The van der Waals surface area contributed by atoms with E-state index in [9.17, 15) is 9.59 Å². The summed E-state index contributed by atoms with van der Waals surface area (Å²) < 4.78 is 17.2. The molecule has 1 amide bonds. The van der Waals surface area contributed by atoms with Crippen LogP contribution in [0.3, 0.4) is 0 Å². The van der Waals surface area contributed by atoms with Crippen LogP contribution in [0.25, 0.3) is 0 Å². The highest BCUT2D eigenvalue weighted by Gasteiger charge is 2.25. The molecule has 0 aliphatic heterocycles. The summed E-state index contributed by atoms with van der Waals surface area (Å²) in [6, 6.07) is 8.98. The van der Waals surface area contributed by atoms with Crippen molar-refractivity contribution in [3.63, 3.8) is 0 Å². The molecule has 10 nitrogen and oxygen atoms in total. The van der Waals surface area contributed by atoms with Crippen LogP contribution in [0.2, 0.25) is 0 Å². The van der Waals surface area contributed by atoms with Crippen molar-refractivity contribution in [3.05, 3.63) is 41.7 Å². The zero-order valence-corrected chi connectivity index (χ0v) is 17.1. The van der Waals surface area contributed by atoms with Crippen LogP contribution >= 0.6 is 0 Å². The van der Waals surface area contributed by atoms with Crippen LogP contribution in [0.4, 0.5) is 4.79 Å². The van der Waals surface area contributed by atoms with E-state index in [0.29, 0.717) is 12.4 Å². The third kappa shape index (κ3) is 7.86. The third-order valence-corrected chi connectivity index (χ3v) is 3.71. The number of tetrazole rings is 1. The summed E-state index contributed by atoms with van der Waals surface area (Å²) in [5.41, 5.74) is 0.338. The van der Waals surface area contributed by atoms with Crippen LogP contribution in [0.1, 0.15) is 44.6 Å². The van der Waals surface area contributed by atoms with E-state index in [1.54, 1.807) is 20.8 Å². The van der Waals surface area contributed by atoms with Crippen molar-refractivity contribution in [3.8, 4) is 0 Å². The minimum absolute atomic E-state index is 0.0958. The molecule has 1 N–H and O–H groups in total. The summed E-state index contributed by atoms with van der Waals surface area (Å²) in [5.74, 6) is -0.0312. The Bertz CT molecular complexity index is 788. The molecule has 2 aromatic rings. The summed E-state index contributed by atoms with van der Waals surface area (Å²) in [6.45, 7) is 6.00. The molecule has 2 rings (SSSR count). The van der Waals surface area contributed by atoms with E-state index < -0.39 is 17.7 Å². The molecule has 0 unspecified atom stereocenters. The monoisotopic (exact) mass is 405 g/mol. The number of nitrogens with zero attached hydrogens (tertiary/aromatic N) is 4. The Morgan fingerprint density at radius 1 is 1.21 bits per heavy atom. The van der Waals surface area contributed by atoms with Gasteiger partial charge in [-0.25, -0.2) is 9.48 Å². The highest BCUT2D eigenvalue weighted by atomic mass is 16.6. The Hall–Kier alpha value is -3.01. The molecule has 0 aliphatic rings. The lowest BCUT2D eigenvalue weighted by atomic mass is 10.2. The van der Waals surface area contributed by atoms with Crippen LogP contribution in [-0.4, -0.2) is 51.6 Å². The van der Waals surface area contributed by atoms with Crippen molar-refractivity contribution in [2.45, 2.75) is 52.0 Å². The number of hydrogen-bond donors (Lipinski definition) is 1. The fourth-order valence-corrected chi connectivity index (χ4v) is 2.42. The summed E-state index contributed by atoms with van der Waals surface area (Å²) >= 11 is 0. The summed E-state index contributed by atoms with van der Waals surface area (Å²) in [6.07, 6.45) is -0.521. The summed E-state index contributed by atoms with van der Waals surface area (Å²) in [4.78, 5) is 23.7. The molecule has 158 valence electrons. The van der Waals surface area contributed by atoms with Crippen molar-refractivity contribution < 1.29 is 23.8 Å². The number of aromatic nitrogens is 4. The van der Waals surface area contributed by atoms with Crippen molar-refractivity contribution >= 4 is 12.1 Å². The number of carbonyl (C=O) groups excluding carboxylic acids is 2. The van der Waals surface area contributed by atoms with Gasteiger partial charge in [0.15, 0.2) is 5.82 Å². The van der Waals surface area contributed by atoms with Gasteiger partial charge >= 0.3 is 12.1 Å². The van der Waals surface area contributed by atoms with E-state index in [-0.39, 0.29) is 25.5 Å². The fraction of sp³-hybridized carbons (Fsp3) is 0.526. The quantitative estimate of drug-likeness (QED) is 0.630. The smallest absolute Gasteiger partial charge is 0.408 e. The lowest BCUT2D eigenvalue weighted by Gasteiger charge is -2.23. The molecule has 0 aliphatic carbocycles. The van der Waals surface area contributed by atoms with Crippen LogP contribution < -0.4 is 5.32 Å². The second-order valence-corrected chi connectivity index (χ2v) is 7.29. The molecule has 10 heteroatoms. The van der Waals surface area contributed by atoms with Crippen molar-refractivity contribution in [1.29, 1.82) is 0 Å². The SMILES string of the molecule is COC(=O)CCn1nnnc1[C@@H](COCc1ccccc1)NC(=O)OC(C)(C)C. The predicted octanol–water partition coefficient (Wildman–Crippen LogP) is 2.02. The zero-order chi connectivity index (χ0) is 21.3. The van der Waals surface area contributed by atoms with Gasteiger partial charge in [-0.05, 0) is 36.8 Å². The van der Waals surface area contributed by atoms with Gasteiger partial charge in [-0.3, -0.25) is 4.79 Å². The number of carbonyl (C=O) groups is 2. The Kier molecular flexibility index (Phi) is 8.08. The molecular weight excluding hydrogens is 378 g/mol. The van der Waals surface area contributed by atoms with Crippen molar-refractivity contribution in [2.24, 2.45) is 0 Å². The lowest BCUT2D eigenvalue weighted by molar-refractivity contribution is -0.140. The Morgan fingerprint density at radius 3 is 2.59 bits per heavy atom. The average molecular weight is 405 g/mol. The fourth-order valence-electron chi connectivity index (χ4n) is 2.42. The molecule has 0 saturated carbocycles. The van der Waals surface area contributed by atoms with E-state index in [1.807, 2.05) is 30.3 Å². The number of benzene rings is 1. The van der Waals surface area contributed by atoms with Crippen LogP contribution in [0.5, 0.6) is 0 Å². The molecular formula is C19H27N5O5. The first-order chi connectivity index (χ1) is 13.8. The highest BCUT2D eigenvalue weighted by Crippen LogP contribution is 2.14. The molecule has 0 saturated heterocycles. The molecule has 29 heavy (non-hydrogen) atoms. The average Bonchev–Trinajstić information content (AvgIpc) is 3.13. The van der Waals surface area contributed by atoms with Crippen LogP contribution in [0.15, 0.2) is 30.3 Å². The number of esters is 1. The van der Waals surface area contributed by atoms with E-state index in [0.717, 1.165) is 5.56 Å². The summed E-state index contributed by atoms with van der Waals surface area (Å²) in [5, 5.41) is 14.3. The van der Waals surface area contributed by atoms with E-state index in [1.165, 1.54) is 11.8 Å². The molecule has 0 spiro atoms. The molecule has 1 aromatic heterocycles. The molecule has 0 fully saturated rings. The van der Waals surface area contributed by atoms with Crippen LogP contribution in [0, 0.1) is 0 Å². The van der Waals surface area contributed by atoms with Gasteiger partial charge in [-0.15, -0.1) is 5.10 Å². The minimum Gasteiger partial charge on any atom is -0.469 e. The number of amides is 1. The minimum atomic E-state index is -0.666. The molecule has 0 radical (unpaired) electrons. The Morgan fingerprint density at radius 2 is 1.93 bits per heavy atom. The van der Waals surface area contributed by atoms with Crippen molar-refractivity contribution in [2.75, 3.05) is 13.7 Å². The van der Waals surface area contributed by atoms with Gasteiger partial charge in [0.2, 0.25) is 0 Å². The number of hydrogen-bond acceptors (Lipinski definition) is 8. The zero-order valence-electron chi connectivity index (χ0n) is 17.1. The molecule has 1 aromatic carbocycles. The maximum absolute atomic E-state index is 12.3. The highest BCUT2D eigenvalue weighted by molar-refractivity contribution is 5.69. The van der Waals surface area contributed by atoms with Gasteiger partial charge in [0.25, 0.3) is 0 Å². The maximum Gasteiger partial charge on any atom is 0.408 e. The van der Waals surface area contributed by atoms with E-state index in [4.69, 9.17) is 9.47 Å². The van der Waals surface area contributed by atoms with Crippen LogP contribution in [-0.2, 0) is 32.2 Å². The Labute approximate surface area is 169 Å². The number of ether oxygens (including phenoxy) is 3. The number of nitrogens with one attached hydrogen (secondary N) is 1. The lowest BCUT2D eigenvalue weighted by Crippen LogP contribution is -2.38. The maximum atomic E-state index is 12.3. The van der Waals surface area contributed by atoms with Gasteiger partial charge in [0.05, 0.1) is 33.3 Å². The van der Waals surface area contributed by atoms with Crippen molar-refractivity contribution in [1.82, 2.24) is 25.5 Å². The second kappa shape index (κ2) is 10.5. The number of rotatable bonds is 9. The van der Waals surface area contributed by atoms with Gasteiger partial charge in [-0.2, -0.15) is 0 Å². The summed E-state index contributed by atoms with van der Waals surface area (Å²) in [7, 11) is 1.31. The standard InChI is InChI=1S/C19H27N5O5/c1-19(2,3)29-18(26)20-15(13-28-12-14-8-6-5-7-9-14)17-21-22-23-24(17)11-10-16(25)27-4/h5-9,15H,10-13H2,1-4H3,(H,20,26)/t15-/m1/s1. The first-order valence-electron chi connectivity index (χ1n) is 9.22. The molecule has 1 heterocycles. The largest absolute Gasteiger partial charge is 0.469 e. The number of alkyl carbamates (subject to hydrolysis) is 1. The topological polar surface area (TPSA) is 117 Å². The normalized spacial score (nSPS) is 12.3. The predicted molar refractivity (Wildman–Crippen MR) is 103 cm³/mol. The first-order valence-corrected chi connectivity index (χ1v) is 9.22. The van der Waals surface area contributed by atoms with Gasteiger partial charge in [-0.1, -0.05) is 30.3 Å². The number of methoxy groups -OCH3 is 1. The molecule has 1 atom stereocenters. The first kappa shape index (κ1) is 22.3. The van der Waals surface area contributed by atoms with Gasteiger partial charge < -0.3 is 19.5 Å². The Balaban J connectivity index is 2.08. The van der Waals surface area contributed by atoms with Gasteiger partial charge in [0, 0.05) is 0 Å².